The smallest absolute Gasteiger partial charge is 0.270 e. The van der Waals surface area contributed by atoms with Crippen molar-refractivity contribution in [2.45, 2.75) is 46.2 Å². The molecule has 0 saturated heterocycles. The minimum Gasteiger partial charge on any atom is -0.344 e. The zero-order valence-corrected chi connectivity index (χ0v) is 13.0. The van der Waals surface area contributed by atoms with Gasteiger partial charge in [-0.2, -0.15) is 5.10 Å². The third-order valence-corrected chi connectivity index (χ3v) is 3.58. The van der Waals surface area contributed by atoms with E-state index in [0.29, 0.717) is 5.69 Å². The van der Waals surface area contributed by atoms with Gasteiger partial charge in [0.15, 0.2) is 0 Å². The molecule has 0 radical (unpaired) electrons. The maximum atomic E-state index is 12.4. The van der Waals surface area contributed by atoms with Crippen molar-refractivity contribution in [1.82, 2.24) is 15.1 Å². The molecule has 1 atom stereocenters. The number of carbonyl (C=O) groups excluding carboxylic acids is 1. The molecule has 2 aromatic rings. The number of benzene rings is 1. The lowest BCUT2D eigenvalue weighted by molar-refractivity contribution is 0.0924. The second-order valence-electron chi connectivity index (χ2n) is 5.28. The zero-order chi connectivity index (χ0) is 15.2. The Bertz CT molecular complexity index is 586. The maximum absolute atomic E-state index is 12.4. The minimum absolute atomic E-state index is 0.0306. The summed E-state index contributed by atoms with van der Waals surface area (Å²) in [6, 6.07) is 10.1. The second-order valence-corrected chi connectivity index (χ2v) is 5.28. The summed E-state index contributed by atoms with van der Waals surface area (Å²) in [4.78, 5) is 12.4. The molecule has 0 aliphatic carbocycles. The van der Waals surface area contributed by atoms with Gasteiger partial charge in [-0.05, 0) is 31.4 Å². The number of rotatable bonds is 6. The Hall–Kier alpha value is -2.10. The molecule has 0 saturated carbocycles. The molecule has 0 spiro atoms. The summed E-state index contributed by atoms with van der Waals surface area (Å²) in [6.45, 7) is 6.97. The van der Waals surface area contributed by atoms with Crippen LogP contribution in [0.1, 0.15) is 54.3 Å². The van der Waals surface area contributed by atoms with Gasteiger partial charge in [0.05, 0.1) is 6.04 Å². The van der Waals surface area contributed by atoms with Crippen molar-refractivity contribution in [2.75, 3.05) is 0 Å². The first-order chi connectivity index (χ1) is 10.2. The van der Waals surface area contributed by atoms with Crippen LogP contribution in [0.25, 0.3) is 0 Å². The van der Waals surface area contributed by atoms with Crippen LogP contribution >= 0.6 is 0 Å². The third-order valence-electron chi connectivity index (χ3n) is 3.58. The summed E-state index contributed by atoms with van der Waals surface area (Å²) in [5.41, 5.74) is 2.99. The van der Waals surface area contributed by atoms with Crippen LogP contribution in [0.2, 0.25) is 0 Å². The van der Waals surface area contributed by atoms with Gasteiger partial charge >= 0.3 is 0 Å². The number of nitrogens with one attached hydrogen (secondary N) is 1. The van der Waals surface area contributed by atoms with E-state index in [-0.39, 0.29) is 11.9 Å². The van der Waals surface area contributed by atoms with Crippen LogP contribution in [0.5, 0.6) is 0 Å². The molecule has 0 unspecified atom stereocenters. The van der Waals surface area contributed by atoms with Gasteiger partial charge in [-0.1, -0.05) is 43.7 Å². The lowest BCUT2D eigenvalue weighted by Crippen LogP contribution is -2.30. The van der Waals surface area contributed by atoms with E-state index in [2.05, 4.69) is 55.5 Å². The number of carbonyl (C=O) groups is 1. The van der Waals surface area contributed by atoms with E-state index in [1.165, 1.54) is 5.56 Å². The van der Waals surface area contributed by atoms with Crippen LogP contribution in [0.4, 0.5) is 0 Å². The highest BCUT2D eigenvalue weighted by molar-refractivity contribution is 5.92. The fourth-order valence-corrected chi connectivity index (χ4v) is 2.37. The molecule has 0 bridgehead atoms. The summed E-state index contributed by atoms with van der Waals surface area (Å²) in [5, 5.41) is 7.30. The molecule has 4 nitrogen and oxygen atoms in total. The number of hydrogen-bond acceptors (Lipinski definition) is 2. The average molecular weight is 285 g/mol. The molecular weight excluding hydrogens is 262 g/mol. The van der Waals surface area contributed by atoms with E-state index in [0.717, 1.165) is 24.9 Å². The highest BCUT2D eigenvalue weighted by Crippen LogP contribution is 2.18. The Kier molecular flexibility index (Phi) is 5.14. The average Bonchev–Trinajstić information content (AvgIpc) is 2.94. The van der Waals surface area contributed by atoms with E-state index in [1.54, 1.807) is 16.9 Å². The fourth-order valence-electron chi connectivity index (χ4n) is 2.37. The third kappa shape index (κ3) is 3.72. The zero-order valence-electron chi connectivity index (χ0n) is 13.0. The van der Waals surface area contributed by atoms with Crippen LogP contribution in [-0.4, -0.2) is 15.7 Å². The molecule has 1 aromatic heterocycles. The normalized spacial score (nSPS) is 12.1. The molecule has 1 heterocycles. The van der Waals surface area contributed by atoms with E-state index < -0.39 is 0 Å². The van der Waals surface area contributed by atoms with Gasteiger partial charge < -0.3 is 5.32 Å². The van der Waals surface area contributed by atoms with Crippen LogP contribution in [0, 0.1) is 6.92 Å². The molecule has 4 heteroatoms. The maximum Gasteiger partial charge on any atom is 0.270 e. The van der Waals surface area contributed by atoms with Gasteiger partial charge in [0, 0.05) is 12.7 Å². The van der Waals surface area contributed by atoms with E-state index in [4.69, 9.17) is 0 Å². The fraction of sp³-hybridized carbons (Fsp3) is 0.412. The van der Waals surface area contributed by atoms with E-state index in [1.807, 2.05) is 0 Å². The molecule has 1 aromatic carbocycles. The summed E-state index contributed by atoms with van der Waals surface area (Å²) < 4.78 is 1.76. The Morgan fingerprint density at radius 1 is 1.24 bits per heavy atom. The van der Waals surface area contributed by atoms with Crippen molar-refractivity contribution >= 4 is 5.91 Å². The highest BCUT2D eigenvalue weighted by Gasteiger charge is 2.17. The predicted molar refractivity (Wildman–Crippen MR) is 84.2 cm³/mol. The van der Waals surface area contributed by atoms with E-state index in [9.17, 15) is 4.79 Å². The van der Waals surface area contributed by atoms with E-state index >= 15 is 0 Å². The largest absolute Gasteiger partial charge is 0.344 e. The SMILES string of the molecule is CCCn1nccc1C(=O)N[C@@H](CC)c1ccc(C)cc1. The predicted octanol–water partition coefficient (Wildman–Crippen LogP) is 3.48. The molecule has 112 valence electrons. The van der Waals surface area contributed by atoms with Crippen molar-refractivity contribution in [1.29, 1.82) is 0 Å². The first kappa shape index (κ1) is 15.3. The van der Waals surface area contributed by atoms with Gasteiger partial charge in [-0.3, -0.25) is 9.48 Å². The lowest BCUT2D eigenvalue weighted by atomic mass is 10.0. The Labute approximate surface area is 126 Å². The lowest BCUT2D eigenvalue weighted by Gasteiger charge is -2.18. The van der Waals surface area contributed by atoms with Gasteiger partial charge in [0.1, 0.15) is 5.69 Å². The van der Waals surface area contributed by atoms with Crippen LogP contribution in [0.15, 0.2) is 36.5 Å². The standard InChI is InChI=1S/C17H23N3O/c1-4-12-20-16(10-11-18-20)17(21)19-15(5-2)14-8-6-13(3)7-9-14/h6-11,15H,4-5,12H2,1-3H3,(H,19,21)/t15-/m0/s1. The first-order valence-corrected chi connectivity index (χ1v) is 7.55. The number of aromatic nitrogens is 2. The van der Waals surface area contributed by atoms with Crippen molar-refractivity contribution in [3.8, 4) is 0 Å². The molecule has 0 aliphatic rings. The minimum atomic E-state index is -0.0617. The molecule has 0 aliphatic heterocycles. The molecule has 21 heavy (non-hydrogen) atoms. The summed E-state index contributed by atoms with van der Waals surface area (Å²) in [5.74, 6) is -0.0617. The van der Waals surface area contributed by atoms with Gasteiger partial charge in [-0.25, -0.2) is 0 Å². The van der Waals surface area contributed by atoms with Crippen LogP contribution < -0.4 is 5.32 Å². The Morgan fingerprint density at radius 2 is 1.95 bits per heavy atom. The molecular formula is C17H23N3O. The number of hydrogen-bond donors (Lipinski definition) is 1. The monoisotopic (exact) mass is 285 g/mol. The topological polar surface area (TPSA) is 46.9 Å². The van der Waals surface area contributed by atoms with Gasteiger partial charge in [-0.15, -0.1) is 0 Å². The molecule has 2 rings (SSSR count). The van der Waals surface area contributed by atoms with Crippen molar-refractivity contribution < 1.29 is 4.79 Å². The van der Waals surface area contributed by atoms with Crippen LogP contribution in [0.3, 0.4) is 0 Å². The second kappa shape index (κ2) is 7.07. The molecule has 0 fully saturated rings. The van der Waals surface area contributed by atoms with Gasteiger partial charge in [0.25, 0.3) is 5.91 Å². The van der Waals surface area contributed by atoms with Crippen LogP contribution in [-0.2, 0) is 6.54 Å². The highest BCUT2D eigenvalue weighted by atomic mass is 16.2. The Morgan fingerprint density at radius 3 is 2.57 bits per heavy atom. The summed E-state index contributed by atoms with van der Waals surface area (Å²) in [6.07, 6.45) is 3.49. The quantitative estimate of drug-likeness (QED) is 0.883. The number of amides is 1. The molecule has 1 N–H and O–H groups in total. The first-order valence-electron chi connectivity index (χ1n) is 7.55. The number of aryl methyl sites for hydroxylation is 2. The van der Waals surface area contributed by atoms with Crippen molar-refractivity contribution in [3.63, 3.8) is 0 Å². The van der Waals surface area contributed by atoms with Gasteiger partial charge in [0.2, 0.25) is 0 Å². The number of nitrogens with zero attached hydrogens (tertiary/aromatic N) is 2. The summed E-state index contributed by atoms with van der Waals surface area (Å²) in [7, 11) is 0. The van der Waals surface area contributed by atoms with Crippen molar-refractivity contribution in [2.24, 2.45) is 0 Å². The van der Waals surface area contributed by atoms with Crippen molar-refractivity contribution in [3.05, 3.63) is 53.3 Å². The Balaban J connectivity index is 2.12. The molecule has 1 amide bonds. The summed E-state index contributed by atoms with van der Waals surface area (Å²) >= 11 is 0.